The molecular weight excluding hydrogens is 230 g/mol. The van der Waals surface area contributed by atoms with Crippen LogP contribution in [-0.4, -0.2) is 59.9 Å². The highest BCUT2D eigenvalue weighted by Gasteiger charge is 2.42. The molecule has 0 aromatic carbocycles. The molecule has 5 nitrogen and oxygen atoms in total. The Morgan fingerprint density at radius 3 is 2.83 bits per heavy atom. The molecule has 0 aliphatic carbocycles. The quantitative estimate of drug-likeness (QED) is 0.749. The van der Waals surface area contributed by atoms with Gasteiger partial charge in [0, 0.05) is 19.1 Å². The highest BCUT2D eigenvalue weighted by molar-refractivity contribution is 5.95. The van der Waals surface area contributed by atoms with Crippen LogP contribution in [0.2, 0.25) is 0 Å². The minimum Gasteiger partial charge on any atom is -0.330 e. The van der Waals surface area contributed by atoms with E-state index in [0.717, 1.165) is 32.4 Å². The van der Waals surface area contributed by atoms with Crippen LogP contribution < -0.4 is 5.32 Å². The van der Waals surface area contributed by atoms with Crippen LogP contribution in [0.15, 0.2) is 0 Å². The average molecular weight is 251 g/mol. The van der Waals surface area contributed by atoms with E-state index in [4.69, 9.17) is 0 Å². The summed E-state index contributed by atoms with van der Waals surface area (Å²) in [6, 6.07) is 0.221. The minimum atomic E-state index is -0.158. The van der Waals surface area contributed by atoms with Gasteiger partial charge in [0.05, 0.1) is 6.54 Å². The maximum atomic E-state index is 12.3. The van der Waals surface area contributed by atoms with E-state index in [-0.39, 0.29) is 24.4 Å². The molecule has 3 rings (SSSR count). The summed E-state index contributed by atoms with van der Waals surface area (Å²) < 4.78 is 0. The molecule has 3 aliphatic heterocycles. The fraction of sp³-hybridized carbons (Fsp3) is 0.846. The van der Waals surface area contributed by atoms with Gasteiger partial charge in [-0.25, -0.2) is 0 Å². The molecule has 0 spiro atoms. The molecule has 3 aliphatic rings. The highest BCUT2D eigenvalue weighted by Crippen LogP contribution is 2.24. The average Bonchev–Trinajstić information content (AvgIpc) is 2.87. The lowest BCUT2D eigenvalue weighted by molar-refractivity contribution is -0.153. The first kappa shape index (κ1) is 12.0. The largest absolute Gasteiger partial charge is 0.330 e. The summed E-state index contributed by atoms with van der Waals surface area (Å²) in [5.74, 6) is 0.299. The Morgan fingerprint density at radius 2 is 2.06 bits per heavy atom. The van der Waals surface area contributed by atoms with Gasteiger partial charge in [-0.3, -0.25) is 9.59 Å². The molecule has 2 amide bonds. The van der Waals surface area contributed by atoms with Gasteiger partial charge in [-0.2, -0.15) is 0 Å². The van der Waals surface area contributed by atoms with Crippen LogP contribution in [0.5, 0.6) is 0 Å². The Morgan fingerprint density at radius 1 is 1.17 bits per heavy atom. The van der Waals surface area contributed by atoms with Crippen molar-refractivity contribution in [3.63, 3.8) is 0 Å². The second-order valence-corrected chi connectivity index (χ2v) is 5.61. The number of rotatable bonds is 2. The van der Waals surface area contributed by atoms with Gasteiger partial charge in [0.1, 0.15) is 6.04 Å². The van der Waals surface area contributed by atoms with Crippen molar-refractivity contribution in [2.45, 2.75) is 44.2 Å². The third-order valence-corrected chi connectivity index (χ3v) is 4.35. The van der Waals surface area contributed by atoms with Crippen LogP contribution >= 0.6 is 0 Å². The summed E-state index contributed by atoms with van der Waals surface area (Å²) in [5, 5.41) is 3.44. The smallest absolute Gasteiger partial charge is 0.245 e. The van der Waals surface area contributed by atoms with Gasteiger partial charge in [-0.15, -0.1) is 0 Å². The van der Waals surface area contributed by atoms with E-state index >= 15 is 0 Å². The van der Waals surface area contributed by atoms with Gasteiger partial charge in [0.25, 0.3) is 0 Å². The molecule has 5 heteroatoms. The fourth-order valence-corrected chi connectivity index (χ4v) is 3.37. The van der Waals surface area contributed by atoms with E-state index in [9.17, 15) is 9.59 Å². The summed E-state index contributed by atoms with van der Waals surface area (Å²) in [5.41, 5.74) is 0. The maximum Gasteiger partial charge on any atom is 0.245 e. The number of nitrogens with zero attached hydrogens (tertiary/aromatic N) is 2. The highest BCUT2D eigenvalue weighted by atomic mass is 16.2. The predicted molar refractivity (Wildman–Crippen MR) is 67.0 cm³/mol. The lowest BCUT2D eigenvalue weighted by atomic mass is 10.0. The summed E-state index contributed by atoms with van der Waals surface area (Å²) in [4.78, 5) is 27.9. The molecule has 2 unspecified atom stereocenters. The van der Waals surface area contributed by atoms with Gasteiger partial charge < -0.3 is 15.1 Å². The first-order chi connectivity index (χ1) is 8.75. The summed E-state index contributed by atoms with van der Waals surface area (Å²) in [6.07, 6.45) is 5.38. The van der Waals surface area contributed by atoms with Crippen LogP contribution in [0.25, 0.3) is 0 Å². The van der Waals surface area contributed by atoms with Crippen LogP contribution in [0.1, 0.15) is 32.1 Å². The standard InChI is InChI=1S/C13H21N3O2/c17-12-9-15(8-10-4-1-2-6-14-10)13(18)11-5-3-7-16(11)12/h10-11,14H,1-9H2. The zero-order chi connectivity index (χ0) is 12.5. The van der Waals surface area contributed by atoms with Crippen LogP contribution in [0, 0.1) is 0 Å². The van der Waals surface area contributed by atoms with Gasteiger partial charge in [-0.1, -0.05) is 6.42 Å². The maximum absolute atomic E-state index is 12.3. The lowest BCUT2D eigenvalue weighted by Crippen LogP contribution is -2.59. The molecule has 18 heavy (non-hydrogen) atoms. The Labute approximate surface area is 107 Å². The molecular formula is C13H21N3O2. The van der Waals surface area contributed by atoms with Crippen molar-refractivity contribution in [2.24, 2.45) is 0 Å². The molecule has 0 aromatic heterocycles. The number of carbonyl (C=O) groups excluding carboxylic acids is 2. The monoisotopic (exact) mass is 251 g/mol. The Balaban J connectivity index is 1.65. The first-order valence-corrected chi connectivity index (χ1v) is 7.07. The van der Waals surface area contributed by atoms with E-state index in [1.54, 1.807) is 9.80 Å². The van der Waals surface area contributed by atoms with Crippen molar-refractivity contribution in [3.05, 3.63) is 0 Å². The van der Waals surface area contributed by atoms with E-state index in [1.807, 2.05) is 0 Å². The molecule has 100 valence electrons. The summed E-state index contributed by atoms with van der Waals surface area (Å²) in [7, 11) is 0. The zero-order valence-corrected chi connectivity index (χ0v) is 10.7. The number of piperidine rings is 1. The molecule has 2 atom stereocenters. The molecule has 0 saturated carbocycles. The zero-order valence-electron chi connectivity index (χ0n) is 10.7. The van der Waals surface area contributed by atoms with Crippen LogP contribution in [0.3, 0.4) is 0 Å². The van der Waals surface area contributed by atoms with Gasteiger partial charge >= 0.3 is 0 Å². The molecule has 1 N–H and O–H groups in total. The third-order valence-electron chi connectivity index (χ3n) is 4.35. The molecule has 0 radical (unpaired) electrons. The Hall–Kier alpha value is -1.10. The lowest BCUT2D eigenvalue weighted by Gasteiger charge is -2.38. The SMILES string of the molecule is O=C1C2CCCN2C(=O)CN1CC1CCCCN1. The van der Waals surface area contributed by atoms with Crippen LogP contribution in [-0.2, 0) is 9.59 Å². The summed E-state index contributed by atoms with van der Waals surface area (Å²) in [6.45, 7) is 2.80. The normalized spacial score (nSPS) is 32.9. The molecule has 3 fully saturated rings. The van der Waals surface area contributed by atoms with Gasteiger partial charge in [0.2, 0.25) is 11.8 Å². The first-order valence-electron chi connectivity index (χ1n) is 7.07. The van der Waals surface area contributed by atoms with Crippen molar-refractivity contribution in [1.29, 1.82) is 0 Å². The van der Waals surface area contributed by atoms with E-state index in [2.05, 4.69) is 5.32 Å². The number of fused-ring (bicyclic) bond motifs is 1. The number of piperazine rings is 1. The van der Waals surface area contributed by atoms with Crippen molar-refractivity contribution >= 4 is 11.8 Å². The predicted octanol–water partition coefficient (Wildman–Crippen LogP) is -0.0383. The molecule has 3 heterocycles. The van der Waals surface area contributed by atoms with Crippen LogP contribution in [0.4, 0.5) is 0 Å². The van der Waals surface area contributed by atoms with Crippen molar-refractivity contribution in [3.8, 4) is 0 Å². The Bertz CT molecular complexity index is 352. The number of hydrogen-bond acceptors (Lipinski definition) is 3. The Kier molecular flexibility index (Phi) is 3.24. The number of carbonyl (C=O) groups is 2. The number of nitrogens with one attached hydrogen (secondary N) is 1. The summed E-state index contributed by atoms with van der Waals surface area (Å²) >= 11 is 0. The molecule has 0 bridgehead atoms. The molecule has 3 saturated heterocycles. The van der Waals surface area contributed by atoms with Gasteiger partial charge in [-0.05, 0) is 32.2 Å². The minimum absolute atomic E-state index is 0.132. The van der Waals surface area contributed by atoms with Crippen molar-refractivity contribution < 1.29 is 9.59 Å². The second-order valence-electron chi connectivity index (χ2n) is 5.61. The van der Waals surface area contributed by atoms with E-state index in [1.165, 1.54) is 12.8 Å². The topological polar surface area (TPSA) is 52.7 Å². The third kappa shape index (κ3) is 2.11. The number of hydrogen-bond donors (Lipinski definition) is 1. The van der Waals surface area contributed by atoms with Crippen molar-refractivity contribution in [1.82, 2.24) is 15.1 Å². The second kappa shape index (κ2) is 4.88. The van der Waals surface area contributed by atoms with Gasteiger partial charge in [0.15, 0.2) is 0 Å². The fourth-order valence-electron chi connectivity index (χ4n) is 3.37. The molecule has 0 aromatic rings. The number of amides is 2. The van der Waals surface area contributed by atoms with E-state index in [0.29, 0.717) is 12.6 Å². The van der Waals surface area contributed by atoms with E-state index < -0.39 is 0 Å². The van der Waals surface area contributed by atoms with Crippen molar-refractivity contribution in [2.75, 3.05) is 26.2 Å².